The van der Waals surface area contributed by atoms with Crippen LogP contribution in [0, 0.1) is 0 Å². The summed E-state index contributed by atoms with van der Waals surface area (Å²) in [7, 11) is 1.64. The normalized spacial score (nSPS) is 11.7. The third-order valence-corrected chi connectivity index (χ3v) is 1.61. The van der Waals surface area contributed by atoms with E-state index in [1.807, 2.05) is 0 Å². The van der Waals surface area contributed by atoms with Crippen molar-refractivity contribution in [3.05, 3.63) is 0 Å². The van der Waals surface area contributed by atoms with Crippen LogP contribution in [0.5, 0.6) is 0 Å². The summed E-state index contributed by atoms with van der Waals surface area (Å²) >= 11 is 0. The Morgan fingerprint density at radius 2 is 1.11 bits per heavy atom. The molecule has 0 aliphatic carbocycles. The van der Waals surface area contributed by atoms with E-state index in [0.29, 0.717) is 0 Å². The molecule has 10 heteroatoms. The first kappa shape index (κ1) is 16.3. The minimum absolute atomic E-state index is 0.818. The summed E-state index contributed by atoms with van der Waals surface area (Å²) in [6.45, 7) is -3.84. The number of hydrogen-bond acceptors (Lipinski definition) is 6. The summed E-state index contributed by atoms with van der Waals surface area (Å²) in [5.74, 6) is -9.45. The number of rotatable bonds is 5. The maximum Gasteiger partial charge on any atom is 0.508 e. The second kappa shape index (κ2) is 6.26. The molecule has 0 bridgehead atoms. The monoisotopic (exact) mass is 278 g/mol. The maximum atomic E-state index is 12.9. The van der Waals surface area contributed by atoms with E-state index in [2.05, 4.69) is 18.9 Å². The Morgan fingerprint density at radius 3 is 1.33 bits per heavy atom. The van der Waals surface area contributed by atoms with Crippen molar-refractivity contribution >= 4 is 12.3 Å². The third kappa shape index (κ3) is 4.63. The van der Waals surface area contributed by atoms with Gasteiger partial charge >= 0.3 is 24.2 Å². The van der Waals surface area contributed by atoms with Gasteiger partial charge in [0, 0.05) is 0 Å². The molecule has 0 atom stereocenters. The Kier molecular flexibility index (Phi) is 5.66. The van der Waals surface area contributed by atoms with Gasteiger partial charge in [-0.2, -0.15) is 17.6 Å². The van der Waals surface area contributed by atoms with Gasteiger partial charge in [0.1, 0.15) is 0 Å². The molecule has 0 spiro atoms. The third-order valence-electron chi connectivity index (χ3n) is 1.61. The fourth-order valence-corrected chi connectivity index (χ4v) is 0.628. The predicted octanol–water partition coefficient (Wildman–Crippen LogP) is 1.82. The highest BCUT2D eigenvalue weighted by Crippen LogP contribution is 2.34. The van der Waals surface area contributed by atoms with Gasteiger partial charge in [0.05, 0.1) is 14.2 Å². The fourth-order valence-electron chi connectivity index (χ4n) is 0.628. The molecule has 0 rings (SSSR count). The van der Waals surface area contributed by atoms with Gasteiger partial charge < -0.3 is 18.9 Å². The molecule has 0 heterocycles. The van der Waals surface area contributed by atoms with Crippen molar-refractivity contribution in [1.82, 2.24) is 0 Å². The molecule has 0 aromatic rings. The first-order valence-electron chi connectivity index (χ1n) is 4.33. The molecule has 106 valence electrons. The lowest BCUT2D eigenvalue weighted by atomic mass is 10.2. The molecule has 0 fully saturated rings. The SMILES string of the molecule is COC(=O)OCC(F)(F)C(F)(F)COC(=O)OC. The van der Waals surface area contributed by atoms with Crippen molar-refractivity contribution in [1.29, 1.82) is 0 Å². The lowest BCUT2D eigenvalue weighted by Crippen LogP contribution is -2.48. The van der Waals surface area contributed by atoms with Crippen molar-refractivity contribution in [3.63, 3.8) is 0 Å². The van der Waals surface area contributed by atoms with E-state index in [4.69, 9.17) is 0 Å². The molecular weight excluding hydrogens is 268 g/mol. The Hall–Kier alpha value is -1.74. The molecule has 0 aromatic heterocycles. The zero-order chi connectivity index (χ0) is 14.4. The minimum atomic E-state index is -4.73. The summed E-state index contributed by atoms with van der Waals surface area (Å²) in [6.07, 6.45) is -3.08. The molecule has 0 aromatic carbocycles. The van der Waals surface area contributed by atoms with Crippen molar-refractivity contribution < 1.29 is 46.1 Å². The number of hydrogen-bond donors (Lipinski definition) is 0. The highest BCUT2D eigenvalue weighted by Gasteiger charge is 2.58. The molecule has 0 N–H and O–H groups in total. The van der Waals surface area contributed by atoms with Crippen molar-refractivity contribution in [2.75, 3.05) is 27.4 Å². The molecule has 0 saturated carbocycles. The van der Waals surface area contributed by atoms with Crippen LogP contribution in [-0.4, -0.2) is 51.6 Å². The van der Waals surface area contributed by atoms with E-state index in [0.717, 1.165) is 14.2 Å². The second-order valence-corrected chi connectivity index (χ2v) is 2.89. The topological polar surface area (TPSA) is 71.1 Å². The smallest absolute Gasteiger partial charge is 0.438 e. The van der Waals surface area contributed by atoms with Gasteiger partial charge in [-0.3, -0.25) is 0 Å². The van der Waals surface area contributed by atoms with Crippen molar-refractivity contribution in [3.8, 4) is 0 Å². The Morgan fingerprint density at radius 1 is 0.833 bits per heavy atom. The first-order chi connectivity index (χ1) is 8.16. The lowest BCUT2D eigenvalue weighted by molar-refractivity contribution is -0.241. The lowest BCUT2D eigenvalue weighted by Gasteiger charge is -2.25. The molecule has 0 radical (unpaired) electrons. The van der Waals surface area contributed by atoms with Gasteiger partial charge in [0.2, 0.25) is 0 Å². The number of carbonyl (C=O) groups is 2. The summed E-state index contributed by atoms with van der Waals surface area (Å²) in [5.41, 5.74) is 0. The first-order valence-corrected chi connectivity index (χ1v) is 4.33. The average molecular weight is 278 g/mol. The highest BCUT2D eigenvalue weighted by molar-refractivity contribution is 5.60. The Labute approximate surface area is 98.7 Å². The molecule has 0 aliphatic heterocycles. The van der Waals surface area contributed by atoms with Crippen LogP contribution >= 0.6 is 0 Å². The number of methoxy groups -OCH3 is 2. The number of carbonyl (C=O) groups excluding carboxylic acids is 2. The Balaban J connectivity index is 4.44. The van der Waals surface area contributed by atoms with E-state index < -0.39 is 37.4 Å². The largest absolute Gasteiger partial charge is 0.508 e. The Bertz CT molecular complexity index is 276. The fraction of sp³-hybridized carbons (Fsp3) is 0.750. The molecular formula is C8H10F4O6. The number of alkyl halides is 4. The van der Waals surface area contributed by atoms with Crippen molar-refractivity contribution in [2.24, 2.45) is 0 Å². The van der Waals surface area contributed by atoms with Gasteiger partial charge in [-0.1, -0.05) is 0 Å². The van der Waals surface area contributed by atoms with Crippen LogP contribution in [0.3, 0.4) is 0 Å². The van der Waals surface area contributed by atoms with E-state index in [1.165, 1.54) is 0 Å². The van der Waals surface area contributed by atoms with E-state index in [-0.39, 0.29) is 0 Å². The van der Waals surface area contributed by atoms with Gasteiger partial charge in [-0.25, -0.2) is 9.59 Å². The van der Waals surface area contributed by atoms with Crippen LogP contribution in [0.1, 0.15) is 0 Å². The molecule has 6 nitrogen and oxygen atoms in total. The van der Waals surface area contributed by atoms with Crippen LogP contribution in [0.2, 0.25) is 0 Å². The van der Waals surface area contributed by atoms with Crippen LogP contribution in [0.15, 0.2) is 0 Å². The number of ether oxygens (including phenoxy) is 4. The predicted molar refractivity (Wildman–Crippen MR) is 46.6 cm³/mol. The average Bonchev–Trinajstić information content (AvgIpc) is 2.32. The molecule has 0 unspecified atom stereocenters. The van der Waals surface area contributed by atoms with Gasteiger partial charge in [-0.15, -0.1) is 0 Å². The maximum absolute atomic E-state index is 12.9. The van der Waals surface area contributed by atoms with Crippen LogP contribution in [-0.2, 0) is 18.9 Å². The standard InChI is InChI=1S/C8H10F4O6/c1-15-5(13)17-3-7(9,10)8(11,12)4-18-6(14)16-2/h3-4H2,1-2H3. The van der Waals surface area contributed by atoms with Gasteiger partial charge in [-0.05, 0) is 0 Å². The van der Waals surface area contributed by atoms with E-state index in [1.54, 1.807) is 0 Å². The molecule has 0 saturated heterocycles. The molecule has 18 heavy (non-hydrogen) atoms. The number of halogens is 4. The molecule has 0 aliphatic rings. The summed E-state index contributed by atoms with van der Waals surface area (Å²) in [6, 6.07) is 0. The van der Waals surface area contributed by atoms with Crippen LogP contribution in [0.25, 0.3) is 0 Å². The van der Waals surface area contributed by atoms with Crippen LogP contribution < -0.4 is 0 Å². The minimum Gasteiger partial charge on any atom is -0.438 e. The second-order valence-electron chi connectivity index (χ2n) is 2.89. The zero-order valence-electron chi connectivity index (χ0n) is 9.38. The summed E-state index contributed by atoms with van der Waals surface area (Å²) in [5, 5.41) is 0. The van der Waals surface area contributed by atoms with E-state index >= 15 is 0 Å². The van der Waals surface area contributed by atoms with Gasteiger partial charge in [0.25, 0.3) is 0 Å². The van der Waals surface area contributed by atoms with Crippen molar-refractivity contribution in [2.45, 2.75) is 11.8 Å². The van der Waals surface area contributed by atoms with Crippen LogP contribution in [0.4, 0.5) is 27.2 Å². The highest BCUT2D eigenvalue weighted by atomic mass is 19.3. The zero-order valence-corrected chi connectivity index (χ0v) is 9.38. The molecule has 0 amide bonds. The van der Waals surface area contributed by atoms with Gasteiger partial charge in [0.15, 0.2) is 13.2 Å². The summed E-state index contributed by atoms with van der Waals surface area (Å²) in [4.78, 5) is 20.7. The van der Waals surface area contributed by atoms with E-state index in [9.17, 15) is 27.2 Å². The summed E-state index contributed by atoms with van der Waals surface area (Å²) < 4.78 is 66.8. The quantitative estimate of drug-likeness (QED) is 0.564.